The van der Waals surface area contributed by atoms with Crippen LogP contribution in [0.5, 0.6) is 0 Å². The molecule has 18 heavy (non-hydrogen) atoms. The van der Waals surface area contributed by atoms with Crippen LogP contribution in [0.4, 0.5) is 0 Å². The Kier molecular flexibility index (Phi) is 3.84. The number of aromatic carboxylic acids is 1. The van der Waals surface area contributed by atoms with Crippen LogP contribution < -0.4 is 5.32 Å². The second kappa shape index (κ2) is 5.55. The summed E-state index contributed by atoms with van der Waals surface area (Å²) in [6.45, 7) is 2.90. The van der Waals surface area contributed by atoms with Crippen LogP contribution in [0, 0.1) is 6.92 Å². The van der Waals surface area contributed by atoms with Gasteiger partial charge in [0.25, 0.3) is 0 Å². The summed E-state index contributed by atoms with van der Waals surface area (Å²) >= 11 is 0. The smallest absolute Gasteiger partial charge is 0.339 e. The van der Waals surface area contributed by atoms with Gasteiger partial charge in [0.15, 0.2) is 0 Å². The Morgan fingerprint density at radius 1 is 1.44 bits per heavy atom. The van der Waals surface area contributed by atoms with E-state index in [4.69, 9.17) is 13.9 Å². The predicted octanol–water partition coefficient (Wildman–Crippen LogP) is 2.21. The van der Waals surface area contributed by atoms with Gasteiger partial charge >= 0.3 is 5.97 Å². The molecule has 0 aliphatic heterocycles. The molecule has 0 radical (unpaired) electrons. The van der Waals surface area contributed by atoms with Gasteiger partial charge in [-0.15, -0.1) is 0 Å². The van der Waals surface area contributed by atoms with Crippen molar-refractivity contribution in [2.24, 2.45) is 0 Å². The van der Waals surface area contributed by atoms with Gasteiger partial charge in [-0.1, -0.05) is 0 Å². The molecule has 0 unspecified atom stereocenters. The van der Waals surface area contributed by atoms with E-state index in [9.17, 15) is 4.79 Å². The quantitative estimate of drug-likeness (QED) is 0.768. The van der Waals surface area contributed by atoms with Crippen molar-refractivity contribution in [3.05, 3.63) is 47.3 Å². The lowest BCUT2D eigenvalue weighted by Gasteiger charge is -2.00. The molecule has 0 saturated carbocycles. The summed E-state index contributed by atoms with van der Waals surface area (Å²) in [4.78, 5) is 10.8. The summed E-state index contributed by atoms with van der Waals surface area (Å²) in [5.41, 5.74) is 0.220. The van der Waals surface area contributed by atoms with Crippen LogP contribution in [-0.2, 0) is 13.0 Å². The standard InChI is InChI=1S/C13H15NO4/c1-9-12(13(15)16)7-11(18-9)8-14-5-4-10-3-2-6-17-10/h2-3,6-7,14H,4-5,8H2,1H3,(H,15,16). The third kappa shape index (κ3) is 3.01. The Balaban J connectivity index is 1.80. The second-order valence-corrected chi connectivity index (χ2v) is 3.99. The van der Waals surface area contributed by atoms with Crippen LogP contribution in [0.15, 0.2) is 33.3 Å². The van der Waals surface area contributed by atoms with Crippen LogP contribution in [0.3, 0.4) is 0 Å². The van der Waals surface area contributed by atoms with Crippen molar-refractivity contribution < 1.29 is 18.7 Å². The van der Waals surface area contributed by atoms with Crippen molar-refractivity contribution in [1.29, 1.82) is 0 Å². The van der Waals surface area contributed by atoms with E-state index in [-0.39, 0.29) is 5.56 Å². The number of carboxylic acids is 1. The van der Waals surface area contributed by atoms with Gasteiger partial charge in [0, 0.05) is 13.0 Å². The fourth-order valence-corrected chi connectivity index (χ4v) is 1.72. The first kappa shape index (κ1) is 12.4. The molecule has 0 amide bonds. The number of carbonyl (C=O) groups is 1. The van der Waals surface area contributed by atoms with Gasteiger partial charge in [0.1, 0.15) is 22.8 Å². The molecular weight excluding hydrogens is 234 g/mol. The monoisotopic (exact) mass is 249 g/mol. The van der Waals surface area contributed by atoms with Crippen molar-refractivity contribution in [2.45, 2.75) is 19.9 Å². The van der Waals surface area contributed by atoms with E-state index in [0.717, 1.165) is 18.7 Å². The lowest BCUT2D eigenvalue weighted by atomic mass is 10.2. The number of hydrogen-bond donors (Lipinski definition) is 2. The number of furan rings is 2. The average molecular weight is 249 g/mol. The zero-order valence-electron chi connectivity index (χ0n) is 10.1. The number of aryl methyl sites for hydroxylation is 1. The molecule has 2 N–H and O–H groups in total. The number of nitrogens with one attached hydrogen (secondary N) is 1. The van der Waals surface area contributed by atoms with Gasteiger partial charge in [-0.25, -0.2) is 4.79 Å². The van der Waals surface area contributed by atoms with Crippen LogP contribution in [0.25, 0.3) is 0 Å². The Morgan fingerprint density at radius 2 is 2.28 bits per heavy atom. The molecule has 5 heteroatoms. The summed E-state index contributed by atoms with van der Waals surface area (Å²) < 4.78 is 10.5. The summed E-state index contributed by atoms with van der Waals surface area (Å²) in [5.74, 6) is 1.03. The molecule has 2 rings (SSSR count). The van der Waals surface area contributed by atoms with Gasteiger partial charge in [-0.2, -0.15) is 0 Å². The van der Waals surface area contributed by atoms with E-state index in [1.54, 1.807) is 19.3 Å². The molecule has 2 aromatic heterocycles. The molecule has 0 atom stereocenters. The van der Waals surface area contributed by atoms with Crippen molar-refractivity contribution in [1.82, 2.24) is 5.32 Å². The summed E-state index contributed by atoms with van der Waals surface area (Å²) in [6.07, 6.45) is 2.43. The molecule has 0 bridgehead atoms. The molecule has 96 valence electrons. The minimum absolute atomic E-state index is 0.220. The largest absolute Gasteiger partial charge is 0.478 e. The van der Waals surface area contributed by atoms with Crippen molar-refractivity contribution in [3.8, 4) is 0 Å². The summed E-state index contributed by atoms with van der Waals surface area (Å²) in [6, 6.07) is 5.32. The zero-order valence-corrected chi connectivity index (χ0v) is 10.1. The van der Waals surface area contributed by atoms with E-state index in [1.165, 1.54) is 0 Å². The highest BCUT2D eigenvalue weighted by Gasteiger charge is 2.13. The van der Waals surface area contributed by atoms with Crippen LogP contribution in [0.1, 0.15) is 27.6 Å². The molecular formula is C13H15NO4. The summed E-state index contributed by atoms with van der Waals surface area (Å²) in [5, 5.41) is 12.1. The number of rotatable bonds is 6. The van der Waals surface area contributed by atoms with Gasteiger partial charge in [0.2, 0.25) is 0 Å². The molecule has 0 aliphatic carbocycles. The maximum atomic E-state index is 10.8. The topological polar surface area (TPSA) is 75.6 Å². The normalized spacial score (nSPS) is 10.7. The maximum absolute atomic E-state index is 10.8. The first-order valence-electron chi connectivity index (χ1n) is 5.72. The molecule has 0 fully saturated rings. The van der Waals surface area contributed by atoms with E-state index in [0.29, 0.717) is 18.1 Å². The Labute approximate surface area is 104 Å². The highest BCUT2D eigenvalue weighted by atomic mass is 16.4. The summed E-state index contributed by atoms with van der Waals surface area (Å²) in [7, 11) is 0. The molecule has 0 saturated heterocycles. The highest BCUT2D eigenvalue weighted by Crippen LogP contribution is 2.14. The lowest BCUT2D eigenvalue weighted by Crippen LogP contribution is -2.16. The highest BCUT2D eigenvalue weighted by molar-refractivity contribution is 5.88. The predicted molar refractivity (Wildman–Crippen MR) is 64.5 cm³/mol. The molecule has 2 aromatic rings. The number of hydrogen-bond acceptors (Lipinski definition) is 4. The fourth-order valence-electron chi connectivity index (χ4n) is 1.72. The number of carboxylic acid groups (broad SMARTS) is 1. The first-order chi connectivity index (χ1) is 8.66. The third-order valence-electron chi connectivity index (χ3n) is 2.63. The van der Waals surface area contributed by atoms with Crippen LogP contribution >= 0.6 is 0 Å². The van der Waals surface area contributed by atoms with Crippen molar-refractivity contribution in [2.75, 3.05) is 6.54 Å². The second-order valence-electron chi connectivity index (χ2n) is 3.99. The van der Waals surface area contributed by atoms with Gasteiger partial charge in [-0.05, 0) is 25.1 Å². The van der Waals surface area contributed by atoms with E-state index in [2.05, 4.69) is 5.32 Å². The van der Waals surface area contributed by atoms with E-state index < -0.39 is 5.97 Å². The van der Waals surface area contributed by atoms with Gasteiger partial charge < -0.3 is 19.3 Å². The SMILES string of the molecule is Cc1oc(CNCCc2ccco2)cc1C(=O)O. The molecule has 0 aliphatic rings. The van der Waals surface area contributed by atoms with Crippen LogP contribution in [0.2, 0.25) is 0 Å². The van der Waals surface area contributed by atoms with Gasteiger partial charge in [0.05, 0.1) is 12.8 Å². The van der Waals surface area contributed by atoms with E-state index >= 15 is 0 Å². The van der Waals surface area contributed by atoms with Crippen molar-refractivity contribution in [3.63, 3.8) is 0 Å². The first-order valence-corrected chi connectivity index (χ1v) is 5.72. The van der Waals surface area contributed by atoms with Gasteiger partial charge in [-0.3, -0.25) is 0 Å². The molecule has 5 nitrogen and oxygen atoms in total. The Bertz CT molecular complexity index is 513. The third-order valence-corrected chi connectivity index (χ3v) is 2.63. The fraction of sp³-hybridized carbons (Fsp3) is 0.308. The Hall–Kier alpha value is -2.01. The minimum Gasteiger partial charge on any atom is -0.478 e. The van der Waals surface area contributed by atoms with E-state index in [1.807, 2.05) is 12.1 Å². The maximum Gasteiger partial charge on any atom is 0.339 e. The lowest BCUT2D eigenvalue weighted by molar-refractivity contribution is 0.0695. The molecule has 2 heterocycles. The molecule has 0 aromatic carbocycles. The van der Waals surface area contributed by atoms with Crippen LogP contribution in [-0.4, -0.2) is 17.6 Å². The average Bonchev–Trinajstić information content (AvgIpc) is 2.94. The zero-order chi connectivity index (χ0) is 13.0. The molecule has 0 spiro atoms. The Morgan fingerprint density at radius 3 is 2.89 bits per heavy atom. The van der Waals surface area contributed by atoms with Crippen molar-refractivity contribution >= 4 is 5.97 Å². The minimum atomic E-state index is -0.960.